The van der Waals surface area contributed by atoms with E-state index in [0.717, 1.165) is 53.7 Å². The predicted molar refractivity (Wildman–Crippen MR) is 116 cm³/mol. The van der Waals surface area contributed by atoms with E-state index in [4.69, 9.17) is 4.52 Å². The number of carbonyl (C=O) groups is 1. The highest BCUT2D eigenvalue weighted by atomic mass is 32.2. The van der Waals surface area contributed by atoms with Gasteiger partial charge in [-0.15, -0.1) is 11.8 Å². The van der Waals surface area contributed by atoms with Crippen molar-refractivity contribution in [3.05, 3.63) is 54.0 Å². The first-order valence-corrected chi connectivity index (χ1v) is 11.4. The van der Waals surface area contributed by atoms with Crippen molar-refractivity contribution in [2.45, 2.75) is 23.7 Å². The summed E-state index contributed by atoms with van der Waals surface area (Å²) in [4.78, 5) is 27.2. The number of amides is 1. The summed E-state index contributed by atoms with van der Waals surface area (Å²) in [7, 11) is 0. The van der Waals surface area contributed by atoms with E-state index in [1.54, 1.807) is 18.0 Å². The number of nitrogens with zero attached hydrogens (tertiary/aromatic N) is 5. The normalized spacial score (nSPS) is 16.7. The molecule has 2 aliphatic rings. The third-order valence-electron chi connectivity index (χ3n) is 5.60. The number of thioether (sulfide) groups is 1. The first kappa shape index (κ1) is 19.1. The van der Waals surface area contributed by atoms with Crippen LogP contribution in [0.25, 0.3) is 11.4 Å². The summed E-state index contributed by atoms with van der Waals surface area (Å²) in [5.74, 6) is 2.78. The molecule has 1 aliphatic carbocycles. The van der Waals surface area contributed by atoms with Crippen molar-refractivity contribution in [2.24, 2.45) is 0 Å². The molecule has 5 rings (SSSR count). The zero-order chi connectivity index (χ0) is 20.5. The Bertz CT molecular complexity index is 1040. The summed E-state index contributed by atoms with van der Waals surface area (Å²) in [5, 5.41) is 4.08. The Hall–Kier alpha value is -2.87. The fourth-order valence-corrected chi connectivity index (χ4v) is 4.27. The average Bonchev–Trinajstić information content (AvgIpc) is 3.55. The van der Waals surface area contributed by atoms with Gasteiger partial charge in [0.1, 0.15) is 5.82 Å². The van der Waals surface area contributed by atoms with Gasteiger partial charge in [0, 0.05) is 48.8 Å². The molecule has 3 heterocycles. The minimum Gasteiger partial charge on any atom is -0.353 e. The number of pyridine rings is 1. The molecule has 1 aromatic carbocycles. The summed E-state index contributed by atoms with van der Waals surface area (Å²) in [5.41, 5.74) is 1.64. The molecule has 2 fully saturated rings. The van der Waals surface area contributed by atoms with Crippen LogP contribution in [0.3, 0.4) is 0 Å². The maximum atomic E-state index is 12.9. The molecule has 0 bridgehead atoms. The molecule has 154 valence electrons. The predicted octanol–water partition coefficient (Wildman–Crippen LogP) is 3.69. The zero-order valence-corrected chi connectivity index (χ0v) is 17.6. The van der Waals surface area contributed by atoms with E-state index in [9.17, 15) is 4.79 Å². The lowest BCUT2D eigenvalue weighted by Gasteiger charge is -2.35. The van der Waals surface area contributed by atoms with Crippen molar-refractivity contribution in [3.63, 3.8) is 0 Å². The highest BCUT2D eigenvalue weighted by Crippen LogP contribution is 2.39. The smallest absolute Gasteiger partial charge is 0.255 e. The van der Waals surface area contributed by atoms with Crippen molar-refractivity contribution in [2.75, 3.05) is 37.3 Å². The Kier molecular flexibility index (Phi) is 5.16. The zero-order valence-electron chi connectivity index (χ0n) is 16.8. The van der Waals surface area contributed by atoms with E-state index in [1.807, 2.05) is 47.6 Å². The van der Waals surface area contributed by atoms with E-state index < -0.39 is 0 Å². The van der Waals surface area contributed by atoms with Crippen LogP contribution < -0.4 is 4.90 Å². The van der Waals surface area contributed by atoms with Crippen molar-refractivity contribution in [3.8, 4) is 11.4 Å². The molecule has 8 heteroatoms. The maximum absolute atomic E-state index is 12.9. The number of aromatic nitrogens is 3. The lowest BCUT2D eigenvalue weighted by molar-refractivity contribution is 0.0743. The summed E-state index contributed by atoms with van der Waals surface area (Å²) in [6.07, 6.45) is 6.07. The Morgan fingerprint density at radius 2 is 1.90 bits per heavy atom. The molecule has 1 saturated carbocycles. The minimum atomic E-state index is 0.103. The Morgan fingerprint density at radius 3 is 2.60 bits per heavy atom. The molecule has 0 atom stereocenters. The number of benzene rings is 1. The molecule has 0 radical (unpaired) electrons. The first-order chi connectivity index (χ1) is 14.7. The molecule has 2 aromatic heterocycles. The second kappa shape index (κ2) is 8.10. The first-order valence-electron chi connectivity index (χ1n) is 10.2. The third kappa shape index (κ3) is 3.79. The van der Waals surface area contributed by atoms with Crippen molar-refractivity contribution >= 4 is 23.5 Å². The molecule has 0 spiro atoms. The van der Waals surface area contributed by atoms with Crippen LogP contribution in [-0.4, -0.2) is 58.4 Å². The summed E-state index contributed by atoms with van der Waals surface area (Å²) < 4.78 is 5.34. The van der Waals surface area contributed by atoms with E-state index in [0.29, 0.717) is 24.8 Å². The number of piperazine rings is 1. The van der Waals surface area contributed by atoms with Gasteiger partial charge in [-0.05, 0) is 43.4 Å². The molecule has 3 aromatic rings. The quantitative estimate of drug-likeness (QED) is 0.582. The molecule has 30 heavy (non-hydrogen) atoms. The molecule has 1 saturated heterocycles. The van der Waals surface area contributed by atoms with Crippen LogP contribution in [0, 0.1) is 0 Å². The number of carbonyl (C=O) groups excluding carboxylic acids is 1. The topological polar surface area (TPSA) is 75.4 Å². The second-order valence-electron chi connectivity index (χ2n) is 7.62. The highest BCUT2D eigenvalue weighted by Gasteiger charge is 2.30. The standard InChI is InChI=1S/C22H23N5O2S/c1-30-18-5-3-2-4-17(18)22(28)27-12-10-26(11-13-27)19-9-8-16(14-23-19)20-24-21(29-25-20)15-6-7-15/h2-5,8-9,14-15H,6-7,10-13H2,1H3. The number of hydrogen-bond acceptors (Lipinski definition) is 7. The van der Waals surface area contributed by atoms with Gasteiger partial charge in [-0.2, -0.15) is 4.98 Å². The third-order valence-corrected chi connectivity index (χ3v) is 6.40. The van der Waals surface area contributed by atoms with Gasteiger partial charge in [0.15, 0.2) is 0 Å². The SMILES string of the molecule is CSc1ccccc1C(=O)N1CCN(c2ccc(-c3noc(C4CC4)n3)cn2)CC1. The van der Waals surface area contributed by atoms with E-state index in [-0.39, 0.29) is 5.91 Å². The van der Waals surface area contributed by atoms with E-state index in [2.05, 4.69) is 20.0 Å². The summed E-state index contributed by atoms with van der Waals surface area (Å²) in [6.45, 7) is 2.88. The van der Waals surface area contributed by atoms with Crippen molar-refractivity contribution in [1.82, 2.24) is 20.0 Å². The summed E-state index contributed by atoms with van der Waals surface area (Å²) >= 11 is 1.61. The van der Waals surface area contributed by atoms with Crippen molar-refractivity contribution < 1.29 is 9.32 Å². The van der Waals surface area contributed by atoms with Crippen molar-refractivity contribution in [1.29, 1.82) is 0 Å². The van der Waals surface area contributed by atoms with Crippen LogP contribution >= 0.6 is 11.8 Å². The monoisotopic (exact) mass is 421 g/mol. The van der Waals surface area contributed by atoms with Gasteiger partial charge in [0.25, 0.3) is 5.91 Å². The minimum absolute atomic E-state index is 0.103. The van der Waals surface area contributed by atoms with E-state index >= 15 is 0 Å². The largest absolute Gasteiger partial charge is 0.353 e. The fourth-order valence-electron chi connectivity index (χ4n) is 3.68. The highest BCUT2D eigenvalue weighted by molar-refractivity contribution is 7.98. The molecular weight excluding hydrogens is 398 g/mol. The van der Waals surface area contributed by atoms with Crippen LogP contribution in [0.5, 0.6) is 0 Å². The molecule has 0 unspecified atom stereocenters. The Morgan fingerprint density at radius 1 is 1.10 bits per heavy atom. The molecule has 1 amide bonds. The number of hydrogen-bond donors (Lipinski definition) is 0. The van der Waals surface area contributed by atoms with Crippen LogP contribution in [0.2, 0.25) is 0 Å². The van der Waals surface area contributed by atoms with E-state index in [1.165, 1.54) is 0 Å². The fraction of sp³-hybridized carbons (Fsp3) is 0.364. The molecule has 0 N–H and O–H groups in total. The number of rotatable bonds is 5. The maximum Gasteiger partial charge on any atom is 0.255 e. The van der Waals surface area contributed by atoms with Crippen LogP contribution in [0.15, 0.2) is 52.0 Å². The molecular formula is C22H23N5O2S. The Balaban J connectivity index is 1.22. The average molecular weight is 422 g/mol. The van der Waals surface area contributed by atoms with Gasteiger partial charge in [0.05, 0.1) is 5.56 Å². The van der Waals surface area contributed by atoms with Crippen LogP contribution in [-0.2, 0) is 0 Å². The van der Waals surface area contributed by atoms with Gasteiger partial charge < -0.3 is 14.3 Å². The molecule has 7 nitrogen and oxygen atoms in total. The lowest BCUT2D eigenvalue weighted by atomic mass is 10.1. The van der Waals surface area contributed by atoms with Gasteiger partial charge in [-0.3, -0.25) is 4.79 Å². The Labute approximate surface area is 179 Å². The van der Waals surface area contributed by atoms with Crippen LogP contribution in [0.4, 0.5) is 5.82 Å². The van der Waals surface area contributed by atoms with Gasteiger partial charge in [-0.25, -0.2) is 4.98 Å². The van der Waals surface area contributed by atoms with Gasteiger partial charge in [0.2, 0.25) is 11.7 Å². The molecule has 1 aliphatic heterocycles. The van der Waals surface area contributed by atoms with Gasteiger partial charge >= 0.3 is 0 Å². The van der Waals surface area contributed by atoms with Crippen LogP contribution in [0.1, 0.15) is 35.0 Å². The van der Waals surface area contributed by atoms with Gasteiger partial charge in [-0.1, -0.05) is 17.3 Å². The second-order valence-corrected chi connectivity index (χ2v) is 8.46. The number of anilines is 1. The lowest BCUT2D eigenvalue weighted by Crippen LogP contribution is -2.49. The summed E-state index contributed by atoms with van der Waals surface area (Å²) in [6, 6.07) is 11.8.